The Morgan fingerprint density at radius 2 is 1.65 bits per heavy atom. The summed E-state index contributed by atoms with van der Waals surface area (Å²) in [5.41, 5.74) is 7.32. The lowest BCUT2D eigenvalue weighted by Gasteiger charge is -2.29. The molecule has 0 bridgehead atoms. The van der Waals surface area contributed by atoms with Crippen LogP contribution in [0.2, 0.25) is 0 Å². The zero-order valence-electron chi connectivity index (χ0n) is 27.3. The molecular formula is C34H42FN4O7PS. The van der Waals surface area contributed by atoms with E-state index in [4.69, 9.17) is 5.73 Å². The van der Waals surface area contributed by atoms with Crippen LogP contribution in [0, 0.1) is 5.82 Å². The van der Waals surface area contributed by atoms with E-state index in [1.165, 1.54) is 35.2 Å². The molecule has 5 atom stereocenters. The quantitative estimate of drug-likeness (QED) is 0.198. The van der Waals surface area contributed by atoms with Crippen molar-refractivity contribution in [2.75, 3.05) is 6.16 Å². The molecule has 14 heteroatoms. The van der Waals surface area contributed by atoms with E-state index in [-0.39, 0.29) is 29.6 Å². The van der Waals surface area contributed by atoms with E-state index >= 15 is 0 Å². The minimum atomic E-state index is -4.61. The molecular weight excluding hydrogens is 658 g/mol. The summed E-state index contributed by atoms with van der Waals surface area (Å²) in [6.07, 6.45) is -1.13. The number of rotatable bonds is 13. The van der Waals surface area contributed by atoms with Crippen molar-refractivity contribution in [1.29, 1.82) is 0 Å². The van der Waals surface area contributed by atoms with E-state index < -0.39 is 71.0 Å². The monoisotopic (exact) mass is 700 g/mol. The summed E-state index contributed by atoms with van der Waals surface area (Å²) in [4.78, 5) is 51.4. The maximum Gasteiger partial charge on any atom is 0.246 e. The summed E-state index contributed by atoms with van der Waals surface area (Å²) in [6, 6.07) is 17.4. The van der Waals surface area contributed by atoms with Crippen LogP contribution in [0.1, 0.15) is 50.8 Å². The molecule has 258 valence electrons. The topological polar surface area (TPSA) is 176 Å². The van der Waals surface area contributed by atoms with Crippen molar-refractivity contribution in [3.8, 4) is 0 Å². The zero-order chi connectivity index (χ0) is 35.4. The van der Waals surface area contributed by atoms with Crippen molar-refractivity contribution in [2.24, 2.45) is 5.73 Å². The first-order valence-electron chi connectivity index (χ1n) is 15.5. The van der Waals surface area contributed by atoms with Crippen LogP contribution in [-0.4, -0.2) is 66.0 Å². The van der Waals surface area contributed by atoms with Gasteiger partial charge in [0.2, 0.25) is 35.1 Å². The Labute approximate surface area is 280 Å². The standard InChI is InChI=1S/C34H42FN4O7PS/c1-22-17-28(33(42)39(22)29(32(36)41)19-24-11-8-12-26(35)18-24)37-30(40)21-47(43,44)31(20-23-9-6-5-7-10-23)38-48(45,46)27-15-13-25(14-16-27)34(2,3)4/h5-16,18,22,28-29,31,38H,17,19-21H2,1-4H3,(H2,36,41)(H,37,40)(H,43,44)/t22?,28-,29-,31?/m0/s1. The van der Waals surface area contributed by atoms with Crippen molar-refractivity contribution < 1.29 is 36.7 Å². The number of nitrogens with two attached hydrogens (primary N) is 1. The number of sulfonamides is 1. The molecule has 0 saturated carbocycles. The molecule has 1 heterocycles. The van der Waals surface area contributed by atoms with Gasteiger partial charge < -0.3 is 20.8 Å². The molecule has 48 heavy (non-hydrogen) atoms. The van der Waals surface area contributed by atoms with E-state index in [9.17, 15) is 36.7 Å². The number of halogens is 1. The molecule has 1 aliphatic heterocycles. The Bertz CT molecular complexity index is 1800. The second kappa shape index (κ2) is 14.7. The lowest BCUT2D eigenvalue weighted by Crippen LogP contribution is -2.52. The van der Waals surface area contributed by atoms with Crippen LogP contribution in [0.25, 0.3) is 0 Å². The van der Waals surface area contributed by atoms with E-state index in [0.717, 1.165) is 5.56 Å². The molecule has 4 rings (SSSR count). The third-order valence-corrected chi connectivity index (χ3v) is 12.1. The van der Waals surface area contributed by atoms with Gasteiger partial charge in [-0.25, -0.2) is 12.8 Å². The number of nitrogens with zero attached hydrogens (tertiary/aromatic N) is 1. The molecule has 3 amide bonds. The number of hydrogen-bond acceptors (Lipinski definition) is 6. The molecule has 0 aromatic heterocycles. The van der Waals surface area contributed by atoms with Gasteiger partial charge in [-0.2, -0.15) is 4.72 Å². The van der Waals surface area contributed by atoms with Crippen LogP contribution in [-0.2, 0) is 47.2 Å². The molecule has 3 aromatic carbocycles. The first-order chi connectivity index (χ1) is 22.4. The SMILES string of the molecule is CC1C[C@H](NC(=O)CP(=O)(O)C(Cc2ccccc2)NS(=O)(=O)c2ccc(C(C)(C)C)cc2)C(=O)N1[C@@H](Cc1cccc(F)c1)C(N)=O. The number of nitrogens with one attached hydrogen (secondary N) is 2. The Hall–Kier alpha value is -3.90. The van der Waals surface area contributed by atoms with Crippen molar-refractivity contribution in [1.82, 2.24) is 14.9 Å². The van der Waals surface area contributed by atoms with Crippen LogP contribution >= 0.6 is 7.37 Å². The molecule has 1 saturated heterocycles. The number of carbonyl (C=O) groups is 3. The first-order valence-corrected chi connectivity index (χ1v) is 18.9. The van der Waals surface area contributed by atoms with Gasteiger partial charge in [0.25, 0.3) is 0 Å². The summed E-state index contributed by atoms with van der Waals surface area (Å²) in [5, 5.41) is 2.49. The van der Waals surface area contributed by atoms with Crippen LogP contribution in [0.5, 0.6) is 0 Å². The summed E-state index contributed by atoms with van der Waals surface area (Å²) in [7, 11) is -8.90. The van der Waals surface area contributed by atoms with Crippen molar-refractivity contribution >= 4 is 35.1 Å². The van der Waals surface area contributed by atoms with Gasteiger partial charge in [0, 0.05) is 12.5 Å². The maximum absolute atomic E-state index is 13.8. The summed E-state index contributed by atoms with van der Waals surface area (Å²) < 4.78 is 56.8. The Kier molecular flexibility index (Phi) is 11.3. The molecule has 1 fully saturated rings. The van der Waals surface area contributed by atoms with Crippen LogP contribution in [0.15, 0.2) is 83.8 Å². The van der Waals surface area contributed by atoms with E-state index in [1.807, 2.05) is 20.8 Å². The largest absolute Gasteiger partial charge is 0.368 e. The average Bonchev–Trinajstić information content (AvgIpc) is 3.26. The number of amides is 3. The fourth-order valence-corrected chi connectivity index (χ4v) is 9.16. The van der Waals surface area contributed by atoms with Gasteiger partial charge in [0.1, 0.15) is 29.8 Å². The van der Waals surface area contributed by atoms with Gasteiger partial charge in [-0.1, -0.05) is 75.4 Å². The number of likely N-dealkylation sites (tertiary alicyclic amines) is 1. The van der Waals surface area contributed by atoms with Gasteiger partial charge in [-0.3, -0.25) is 18.9 Å². The third kappa shape index (κ3) is 9.16. The number of carbonyl (C=O) groups excluding carboxylic acids is 3. The highest BCUT2D eigenvalue weighted by molar-refractivity contribution is 7.90. The number of primary amides is 1. The van der Waals surface area contributed by atoms with Crippen molar-refractivity contribution in [3.05, 3.63) is 101 Å². The second-order valence-corrected chi connectivity index (χ2v) is 17.4. The van der Waals surface area contributed by atoms with Gasteiger partial charge >= 0.3 is 0 Å². The third-order valence-electron chi connectivity index (χ3n) is 8.37. The summed E-state index contributed by atoms with van der Waals surface area (Å²) in [5.74, 6) is -4.46. The highest BCUT2D eigenvalue weighted by atomic mass is 32.2. The van der Waals surface area contributed by atoms with E-state index in [2.05, 4.69) is 10.0 Å². The maximum atomic E-state index is 13.8. The second-order valence-electron chi connectivity index (χ2n) is 13.2. The van der Waals surface area contributed by atoms with Gasteiger partial charge in [0.05, 0.1) is 4.90 Å². The lowest BCUT2D eigenvalue weighted by molar-refractivity contribution is -0.139. The fourth-order valence-electron chi connectivity index (χ4n) is 5.80. The highest BCUT2D eigenvalue weighted by Gasteiger charge is 2.44. The molecule has 3 aromatic rings. The predicted molar refractivity (Wildman–Crippen MR) is 180 cm³/mol. The zero-order valence-corrected chi connectivity index (χ0v) is 29.0. The number of benzene rings is 3. The van der Waals surface area contributed by atoms with Crippen LogP contribution in [0.4, 0.5) is 4.39 Å². The Morgan fingerprint density at radius 3 is 2.23 bits per heavy atom. The van der Waals surface area contributed by atoms with Crippen LogP contribution in [0.3, 0.4) is 0 Å². The summed E-state index contributed by atoms with van der Waals surface area (Å²) in [6.45, 7) is 7.62. The lowest BCUT2D eigenvalue weighted by atomic mass is 9.87. The molecule has 3 unspecified atom stereocenters. The van der Waals surface area contributed by atoms with E-state index in [1.54, 1.807) is 55.5 Å². The molecule has 0 aliphatic carbocycles. The van der Waals surface area contributed by atoms with Gasteiger partial charge in [0.15, 0.2) is 0 Å². The summed E-state index contributed by atoms with van der Waals surface area (Å²) >= 11 is 0. The van der Waals surface area contributed by atoms with Crippen molar-refractivity contribution in [3.63, 3.8) is 0 Å². The Morgan fingerprint density at radius 1 is 1.02 bits per heavy atom. The van der Waals surface area contributed by atoms with Gasteiger partial charge in [-0.15, -0.1) is 0 Å². The fraction of sp³-hybridized carbons (Fsp3) is 0.382. The minimum Gasteiger partial charge on any atom is -0.368 e. The molecule has 0 spiro atoms. The van der Waals surface area contributed by atoms with E-state index in [0.29, 0.717) is 11.1 Å². The normalized spacial score (nSPS) is 19.4. The average molecular weight is 701 g/mol. The van der Waals surface area contributed by atoms with Gasteiger partial charge in [-0.05, 0) is 66.1 Å². The van der Waals surface area contributed by atoms with Crippen LogP contribution < -0.4 is 15.8 Å². The smallest absolute Gasteiger partial charge is 0.246 e. The highest BCUT2D eigenvalue weighted by Crippen LogP contribution is 2.46. The predicted octanol–water partition coefficient (Wildman–Crippen LogP) is 3.44. The molecule has 0 radical (unpaired) electrons. The minimum absolute atomic E-state index is 0.0457. The number of hydrogen-bond donors (Lipinski definition) is 4. The first kappa shape index (κ1) is 36.9. The molecule has 11 nitrogen and oxygen atoms in total. The molecule has 5 N–H and O–H groups in total. The Balaban J connectivity index is 1.51. The van der Waals surface area contributed by atoms with Crippen molar-refractivity contribution in [2.45, 2.75) is 81.2 Å². The molecule has 1 aliphatic rings.